The molecule has 0 amide bonds. The Hall–Kier alpha value is -1.81. The zero-order chi connectivity index (χ0) is 19.0. The fourth-order valence-corrected chi connectivity index (χ4v) is 4.02. The molecule has 0 saturated carbocycles. The second-order valence-electron chi connectivity index (χ2n) is 6.59. The van der Waals surface area contributed by atoms with Crippen LogP contribution in [-0.4, -0.2) is 27.5 Å². The monoisotopic (exact) mass is 381 g/mol. The van der Waals surface area contributed by atoms with Crippen LogP contribution in [0.4, 0.5) is 11.8 Å². The maximum Gasteiger partial charge on any atom is 1.00 e. The quantitative estimate of drug-likeness (QED) is 0.498. The van der Waals surface area contributed by atoms with Crippen LogP contribution in [0.15, 0.2) is 6.20 Å². The van der Waals surface area contributed by atoms with Crippen molar-refractivity contribution in [2.45, 2.75) is 46.1 Å². The summed E-state index contributed by atoms with van der Waals surface area (Å²) in [6.07, 6.45) is 2.63. The van der Waals surface area contributed by atoms with E-state index in [2.05, 4.69) is 28.8 Å². The Morgan fingerprint density at radius 2 is 2.11 bits per heavy atom. The first kappa shape index (κ1) is 21.5. The van der Waals surface area contributed by atoms with Gasteiger partial charge in [-0.15, -0.1) is 0 Å². The topological polar surface area (TPSA) is 108 Å². The number of halogens is 1. The molecular weight excluding hydrogens is 361 g/mol. The summed E-state index contributed by atoms with van der Waals surface area (Å²) in [5.74, 6) is -0.794. The molecule has 7 nitrogen and oxygen atoms in total. The zero-order valence-electron chi connectivity index (χ0n) is 16.0. The number of nitrogens with zero attached hydrogens (tertiary/aromatic N) is 4. The number of pyridine rings is 1. The van der Waals surface area contributed by atoms with Gasteiger partial charge in [0.1, 0.15) is 11.0 Å². The first-order valence-electron chi connectivity index (χ1n) is 8.53. The van der Waals surface area contributed by atoms with E-state index < -0.39 is 5.97 Å². The Morgan fingerprint density at radius 3 is 2.74 bits per heavy atom. The van der Waals surface area contributed by atoms with Crippen LogP contribution in [0.25, 0.3) is 0 Å². The van der Waals surface area contributed by atoms with Gasteiger partial charge in [-0.1, -0.05) is 18.5 Å². The van der Waals surface area contributed by atoms with Crippen LogP contribution >= 0.6 is 11.6 Å². The summed E-state index contributed by atoms with van der Waals surface area (Å²) in [4.78, 5) is 25.9. The first-order valence-corrected chi connectivity index (χ1v) is 8.91. The van der Waals surface area contributed by atoms with Crippen molar-refractivity contribution in [1.29, 1.82) is 0 Å². The summed E-state index contributed by atoms with van der Waals surface area (Å²) in [6.45, 7) is 7.21. The van der Waals surface area contributed by atoms with Crippen LogP contribution in [-0.2, 0) is 17.8 Å². The molecule has 0 fully saturated rings. The Labute approximate surface area is 175 Å². The maximum atomic E-state index is 11.1. The van der Waals surface area contributed by atoms with Crippen molar-refractivity contribution in [3.63, 3.8) is 0 Å². The van der Waals surface area contributed by atoms with Crippen molar-refractivity contribution in [1.82, 2.24) is 15.0 Å². The van der Waals surface area contributed by atoms with Crippen molar-refractivity contribution in [3.8, 4) is 0 Å². The van der Waals surface area contributed by atoms with E-state index in [1.54, 1.807) is 0 Å². The van der Waals surface area contributed by atoms with Gasteiger partial charge in [-0.05, 0) is 43.4 Å². The molecule has 0 unspecified atom stereocenters. The number of carbonyl (C=O) groups excluding carboxylic acids is 1. The number of nitrogens with two attached hydrogens (primary N) is 1. The molecule has 0 radical (unpaired) electrons. The van der Waals surface area contributed by atoms with E-state index in [9.17, 15) is 9.90 Å². The van der Waals surface area contributed by atoms with Gasteiger partial charge in [-0.3, -0.25) is 4.98 Å². The first-order chi connectivity index (χ1) is 12.3. The van der Waals surface area contributed by atoms with Crippen molar-refractivity contribution >= 4 is 29.3 Å². The molecule has 138 valence electrons. The third-order valence-electron chi connectivity index (χ3n) is 4.96. The Morgan fingerprint density at radius 1 is 1.41 bits per heavy atom. The van der Waals surface area contributed by atoms with E-state index in [4.69, 9.17) is 17.3 Å². The van der Waals surface area contributed by atoms with Crippen LogP contribution in [0, 0.1) is 13.8 Å². The number of rotatable bonds is 5. The number of carbonyl (C=O) groups is 1. The van der Waals surface area contributed by atoms with E-state index in [0.29, 0.717) is 24.5 Å². The van der Waals surface area contributed by atoms with Gasteiger partial charge in [0, 0.05) is 42.4 Å². The van der Waals surface area contributed by atoms with Crippen LogP contribution in [0.2, 0.25) is 5.15 Å². The molecule has 27 heavy (non-hydrogen) atoms. The van der Waals surface area contributed by atoms with E-state index >= 15 is 0 Å². The summed E-state index contributed by atoms with van der Waals surface area (Å²) >= 11 is 6.24. The van der Waals surface area contributed by atoms with Gasteiger partial charge >= 0.3 is 18.9 Å². The van der Waals surface area contributed by atoms with Gasteiger partial charge in [-0.25, -0.2) is 4.98 Å². The number of anilines is 2. The molecule has 0 saturated heterocycles. The van der Waals surface area contributed by atoms with E-state index in [0.717, 1.165) is 17.7 Å². The van der Waals surface area contributed by atoms with Gasteiger partial charge in [0.25, 0.3) is 0 Å². The normalized spacial score (nSPS) is 15.4. The summed E-state index contributed by atoms with van der Waals surface area (Å²) < 4.78 is 0. The third kappa shape index (κ3) is 4.21. The molecule has 3 rings (SSSR count). The van der Waals surface area contributed by atoms with E-state index in [1.807, 2.05) is 18.0 Å². The zero-order valence-corrected chi connectivity index (χ0v) is 16.8. The van der Waals surface area contributed by atoms with Gasteiger partial charge < -0.3 is 20.5 Å². The number of aryl methyl sites for hydroxylation is 1. The van der Waals surface area contributed by atoms with Gasteiger partial charge in [0.05, 0.1) is 0 Å². The Balaban J connectivity index is 0.00000261. The second-order valence-corrected chi connectivity index (χ2v) is 6.95. The fourth-order valence-electron chi connectivity index (χ4n) is 3.69. The van der Waals surface area contributed by atoms with Crippen LogP contribution < -0.4 is 34.6 Å². The number of nitrogen functional groups attached to an aromatic ring is 1. The van der Waals surface area contributed by atoms with Crippen molar-refractivity contribution in [2.24, 2.45) is 0 Å². The van der Waals surface area contributed by atoms with Crippen LogP contribution in [0.5, 0.6) is 0 Å². The fraction of sp³-hybridized carbons (Fsp3) is 0.444. The minimum Gasteiger partial charge on any atom is -0.550 e. The molecule has 9 heteroatoms. The molecule has 0 bridgehead atoms. The van der Waals surface area contributed by atoms with Crippen molar-refractivity contribution < 1.29 is 28.8 Å². The molecule has 1 aliphatic rings. The molecule has 0 spiro atoms. The summed E-state index contributed by atoms with van der Waals surface area (Å²) in [5, 5.41) is 11.3. The summed E-state index contributed by atoms with van der Waals surface area (Å²) in [5.41, 5.74) is 10.9. The number of fused-ring (bicyclic) bond motifs is 1. The summed E-state index contributed by atoms with van der Waals surface area (Å²) in [7, 11) is 0. The third-order valence-corrected chi connectivity index (χ3v) is 5.25. The number of hydrogen-bond donors (Lipinski definition) is 1. The van der Waals surface area contributed by atoms with Gasteiger partial charge in [-0.2, -0.15) is 4.98 Å². The Kier molecular flexibility index (Phi) is 6.74. The molecule has 0 aliphatic carbocycles. The molecule has 1 aliphatic heterocycles. The molecule has 1 atom stereocenters. The van der Waals surface area contributed by atoms with Crippen LogP contribution in [0.1, 0.15) is 47.2 Å². The average Bonchev–Trinajstić information content (AvgIpc) is 2.87. The molecule has 2 aromatic rings. The standard InChI is InChI=1S/C18H22ClN5O2.Li/c1-4-13-9(2)12(6-21-10(13)3)8-24-7-11(5-14(25)26)15-16(19)22-18(20)23-17(15)24;/h6,11H,4-5,7-8H2,1-3H3,(H,25,26)(H2,20,22,23);/q;+1/p-1/t11-;/m0./s1. The molecule has 3 heterocycles. The van der Waals surface area contributed by atoms with Crippen molar-refractivity contribution in [2.75, 3.05) is 17.2 Å². The van der Waals surface area contributed by atoms with Gasteiger partial charge in [0.2, 0.25) is 5.95 Å². The maximum absolute atomic E-state index is 11.1. The molecule has 2 aromatic heterocycles. The number of carboxylic acids is 1. The largest absolute Gasteiger partial charge is 1.00 e. The Bertz CT molecular complexity index is 877. The van der Waals surface area contributed by atoms with Crippen molar-refractivity contribution in [3.05, 3.63) is 39.3 Å². The second kappa shape index (κ2) is 8.47. The number of aromatic nitrogens is 3. The predicted molar refractivity (Wildman–Crippen MR) is 98.0 cm³/mol. The minimum atomic E-state index is -1.13. The SMILES string of the molecule is CCc1c(C)ncc(CN2C[C@H](CC(=O)[O-])c3c(Cl)nc(N)nc32)c1C.[Li+]. The molecular formula is C18H21ClLiN5O2. The van der Waals surface area contributed by atoms with Crippen LogP contribution in [0.3, 0.4) is 0 Å². The molecule has 0 aromatic carbocycles. The molecule has 2 N–H and O–H groups in total. The number of carboxylic acid groups (broad SMARTS) is 1. The van der Waals surface area contributed by atoms with E-state index in [-0.39, 0.29) is 42.3 Å². The average molecular weight is 382 g/mol. The number of hydrogen-bond acceptors (Lipinski definition) is 7. The van der Waals surface area contributed by atoms with Gasteiger partial charge in [0.15, 0.2) is 0 Å². The smallest absolute Gasteiger partial charge is 0.550 e. The summed E-state index contributed by atoms with van der Waals surface area (Å²) in [6, 6.07) is 0. The van der Waals surface area contributed by atoms with E-state index in [1.165, 1.54) is 11.1 Å². The predicted octanol–water partition coefficient (Wildman–Crippen LogP) is -1.47. The number of aliphatic carboxylic acids is 1. The minimum absolute atomic E-state index is 0.